The number of hydrogen-bond donors (Lipinski definition) is 1. The van der Waals surface area contributed by atoms with Gasteiger partial charge in [-0.3, -0.25) is 4.72 Å². The van der Waals surface area contributed by atoms with Gasteiger partial charge in [-0.05, 0) is 36.4 Å². The van der Waals surface area contributed by atoms with Crippen molar-refractivity contribution in [3.05, 3.63) is 48.5 Å². The van der Waals surface area contributed by atoms with Gasteiger partial charge < -0.3 is 0 Å². The van der Waals surface area contributed by atoms with Crippen molar-refractivity contribution in [2.75, 3.05) is 11.0 Å². The zero-order valence-electron chi connectivity index (χ0n) is 10.8. The summed E-state index contributed by atoms with van der Waals surface area (Å²) < 4.78 is 61.6. The van der Waals surface area contributed by atoms with Crippen molar-refractivity contribution in [3.63, 3.8) is 0 Å². The van der Waals surface area contributed by atoms with E-state index < -0.39 is 25.8 Å². The predicted octanol–water partition coefficient (Wildman–Crippen LogP) is 1.43. The molecule has 21 heavy (non-hydrogen) atoms. The molecule has 1 N–H and O–H groups in total. The maximum absolute atomic E-state index is 12.7. The molecule has 0 aliphatic rings. The van der Waals surface area contributed by atoms with Gasteiger partial charge in [0.1, 0.15) is 0 Å². The van der Waals surface area contributed by atoms with Crippen molar-refractivity contribution in [2.45, 2.75) is 9.79 Å². The minimum absolute atomic E-state index is 0.0184. The zero-order valence-corrected chi connectivity index (χ0v) is 12.4. The van der Waals surface area contributed by atoms with Crippen molar-refractivity contribution in [3.8, 4) is 0 Å². The number of halogens is 1. The Morgan fingerprint density at radius 1 is 0.952 bits per heavy atom. The summed E-state index contributed by atoms with van der Waals surface area (Å²) in [7, 11) is -7.29. The number of aromatic nitrogens is 1. The number of hydrogen-bond acceptors (Lipinski definition) is 5. The number of nitrogens with zero attached hydrogens (tertiary/aromatic N) is 1. The van der Waals surface area contributed by atoms with Gasteiger partial charge in [0.15, 0.2) is 9.84 Å². The summed E-state index contributed by atoms with van der Waals surface area (Å²) in [5, 5.41) is 0. The summed E-state index contributed by atoms with van der Waals surface area (Å²) in [5.74, 6) is -0.726. The molecule has 0 atom stereocenters. The van der Waals surface area contributed by atoms with Gasteiger partial charge in [-0.2, -0.15) is 4.39 Å². The van der Waals surface area contributed by atoms with Gasteiger partial charge in [0.05, 0.1) is 21.7 Å². The predicted molar refractivity (Wildman–Crippen MR) is 74.6 cm³/mol. The summed E-state index contributed by atoms with van der Waals surface area (Å²) in [6.07, 6.45) is 2.07. The van der Waals surface area contributed by atoms with Gasteiger partial charge in [0.2, 0.25) is 5.95 Å². The van der Waals surface area contributed by atoms with Crippen LogP contribution < -0.4 is 4.72 Å². The molecule has 0 saturated carbocycles. The highest BCUT2D eigenvalue weighted by molar-refractivity contribution is 7.92. The molecule has 2 rings (SSSR count). The third kappa shape index (κ3) is 3.76. The highest BCUT2D eigenvalue weighted by atomic mass is 32.2. The Bertz CT molecular complexity index is 845. The fourth-order valence-electron chi connectivity index (χ4n) is 1.52. The third-order valence-corrected chi connectivity index (χ3v) is 5.07. The molecule has 1 aromatic heterocycles. The first-order valence-corrected chi connectivity index (χ1v) is 9.00. The highest BCUT2D eigenvalue weighted by Crippen LogP contribution is 2.17. The van der Waals surface area contributed by atoms with Gasteiger partial charge in [-0.15, -0.1) is 0 Å². The van der Waals surface area contributed by atoms with E-state index in [0.717, 1.165) is 18.5 Å². The molecule has 0 unspecified atom stereocenters. The number of sulfone groups is 1. The van der Waals surface area contributed by atoms with Crippen LogP contribution in [0.1, 0.15) is 0 Å². The first-order chi connectivity index (χ1) is 9.68. The zero-order chi connectivity index (χ0) is 15.7. The Labute approximate surface area is 121 Å². The first-order valence-electron chi connectivity index (χ1n) is 5.63. The van der Waals surface area contributed by atoms with Crippen LogP contribution in [0.3, 0.4) is 0 Å². The van der Waals surface area contributed by atoms with Crippen molar-refractivity contribution in [2.24, 2.45) is 0 Å². The number of nitrogens with one attached hydrogen (secondary N) is 1. The number of pyridine rings is 1. The van der Waals surface area contributed by atoms with Crippen molar-refractivity contribution >= 4 is 25.5 Å². The summed E-state index contributed by atoms with van der Waals surface area (Å²) in [6.45, 7) is 0. The SMILES string of the molecule is CS(=O)(=O)c1ccc(S(=O)(=O)Nc2ccc(F)nc2)cc1. The standard InChI is InChI=1S/C12H11FN2O4S2/c1-20(16,17)10-3-5-11(6-4-10)21(18,19)15-9-2-7-12(13)14-8-9/h2-8,15H,1H3. The molecule has 0 spiro atoms. The smallest absolute Gasteiger partial charge is 0.261 e. The second kappa shape index (κ2) is 5.41. The fourth-order valence-corrected chi connectivity index (χ4v) is 3.19. The lowest BCUT2D eigenvalue weighted by Crippen LogP contribution is -2.13. The Morgan fingerprint density at radius 3 is 2.00 bits per heavy atom. The van der Waals surface area contributed by atoms with Crippen LogP contribution in [-0.4, -0.2) is 28.1 Å². The second-order valence-electron chi connectivity index (χ2n) is 4.22. The monoisotopic (exact) mass is 330 g/mol. The molecule has 112 valence electrons. The number of benzene rings is 1. The average Bonchev–Trinajstić information content (AvgIpc) is 2.40. The van der Waals surface area contributed by atoms with Gasteiger partial charge >= 0.3 is 0 Å². The molecule has 0 bridgehead atoms. The molecule has 0 fully saturated rings. The molecular formula is C12H11FN2O4S2. The van der Waals surface area contributed by atoms with Crippen LogP contribution in [0.5, 0.6) is 0 Å². The summed E-state index contributed by atoms with van der Waals surface area (Å²) >= 11 is 0. The molecule has 0 saturated heterocycles. The van der Waals surface area contributed by atoms with Gasteiger partial charge in [0, 0.05) is 6.26 Å². The normalized spacial score (nSPS) is 12.1. The van der Waals surface area contributed by atoms with Crippen LogP contribution in [0.2, 0.25) is 0 Å². The van der Waals surface area contributed by atoms with E-state index in [1.165, 1.54) is 30.3 Å². The van der Waals surface area contributed by atoms with Gasteiger partial charge in [0.25, 0.3) is 10.0 Å². The summed E-state index contributed by atoms with van der Waals surface area (Å²) in [6, 6.07) is 7.00. The van der Waals surface area contributed by atoms with Crippen molar-refractivity contribution < 1.29 is 21.2 Å². The Kier molecular flexibility index (Phi) is 3.97. The van der Waals surface area contributed by atoms with Crippen LogP contribution in [0.4, 0.5) is 10.1 Å². The number of sulfonamides is 1. The third-order valence-electron chi connectivity index (χ3n) is 2.54. The molecule has 6 nitrogen and oxygen atoms in total. The maximum atomic E-state index is 12.7. The van der Waals surface area contributed by atoms with Crippen molar-refractivity contribution in [1.82, 2.24) is 4.98 Å². The van der Waals surface area contributed by atoms with E-state index in [-0.39, 0.29) is 15.5 Å². The molecule has 9 heteroatoms. The molecule has 1 heterocycles. The van der Waals surface area contributed by atoms with E-state index in [1.54, 1.807) is 0 Å². The van der Waals surface area contributed by atoms with Gasteiger partial charge in [-0.1, -0.05) is 0 Å². The molecule has 1 aromatic carbocycles. The Morgan fingerprint density at radius 2 is 1.52 bits per heavy atom. The second-order valence-corrected chi connectivity index (χ2v) is 7.92. The van der Waals surface area contributed by atoms with E-state index in [4.69, 9.17) is 0 Å². The number of anilines is 1. The lowest BCUT2D eigenvalue weighted by Gasteiger charge is -2.08. The average molecular weight is 330 g/mol. The summed E-state index contributed by atoms with van der Waals surface area (Å²) in [5.41, 5.74) is 0.101. The minimum atomic E-state index is -3.90. The number of rotatable bonds is 4. The van der Waals surface area contributed by atoms with Crippen LogP contribution in [0.25, 0.3) is 0 Å². The van der Waals surface area contributed by atoms with Crippen LogP contribution in [-0.2, 0) is 19.9 Å². The molecule has 0 aliphatic carbocycles. The van der Waals surface area contributed by atoms with Gasteiger partial charge in [-0.25, -0.2) is 21.8 Å². The van der Waals surface area contributed by atoms with Crippen LogP contribution in [0.15, 0.2) is 52.4 Å². The van der Waals surface area contributed by atoms with E-state index in [1.807, 2.05) is 0 Å². The van der Waals surface area contributed by atoms with Crippen LogP contribution >= 0.6 is 0 Å². The quantitative estimate of drug-likeness (QED) is 0.856. The highest BCUT2D eigenvalue weighted by Gasteiger charge is 2.16. The van der Waals surface area contributed by atoms with E-state index in [0.29, 0.717) is 0 Å². The lowest BCUT2D eigenvalue weighted by molar-refractivity contribution is 0.583. The van der Waals surface area contributed by atoms with Crippen LogP contribution in [0, 0.1) is 5.95 Å². The minimum Gasteiger partial charge on any atom is -0.278 e. The van der Waals surface area contributed by atoms with E-state index in [9.17, 15) is 21.2 Å². The molecular weight excluding hydrogens is 319 g/mol. The lowest BCUT2D eigenvalue weighted by atomic mass is 10.4. The maximum Gasteiger partial charge on any atom is 0.261 e. The van der Waals surface area contributed by atoms with Crippen molar-refractivity contribution in [1.29, 1.82) is 0 Å². The Balaban J connectivity index is 2.29. The summed E-state index contributed by atoms with van der Waals surface area (Å²) in [4.78, 5) is 3.24. The fraction of sp³-hybridized carbons (Fsp3) is 0.0833. The van der Waals surface area contributed by atoms with E-state index in [2.05, 4.69) is 9.71 Å². The first kappa shape index (κ1) is 15.4. The molecule has 0 radical (unpaired) electrons. The largest absolute Gasteiger partial charge is 0.278 e. The topological polar surface area (TPSA) is 93.2 Å². The molecule has 0 aliphatic heterocycles. The Hall–Kier alpha value is -2.00. The molecule has 0 amide bonds. The molecule has 2 aromatic rings. The van der Waals surface area contributed by atoms with E-state index >= 15 is 0 Å².